The fourth-order valence-corrected chi connectivity index (χ4v) is 1.36. The normalized spacial score (nSPS) is 15.3. The molecule has 0 saturated heterocycles. The van der Waals surface area contributed by atoms with E-state index < -0.39 is 0 Å². The van der Waals surface area contributed by atoms with Gasteiger partial charge >= 0.3 is 0 Å². The third-order valence-corrected chi connectivity index (χ3v) is 2.55. The van der Waals surface area contributed by atoms with Gasteiger partial charge in [-0.1, -0.05) is 0 Å². The highest BCUT2D eigenvalue weighted by Crippen LogP contribution is 2.19. The van der Waals surface area contributed by atoms with E-state index in [0.717, 1.165) is 5.76 Å². The summed E-state index contributed by atoms with van der Waals surface area (Å²) in [7, 11) is 1.73. The van der Waals surface area contributed by atoms with Gasteiger partial charge in [0.25, 0.3) is 0 Å². The van der Waals surface area contributed by atoms with Crippen LogP contribution in [0.1, 0.15) is 18.6 Å². The van der Waals surface area contributed by atoms with Crippen LogP contribution in [0.15, 0.2) is 16.5 Å². The predicted molar refractivity (Wildman–Crippen MR) is 57.9 cm³/mol. The molecule has 0 aliphatic heterocycles. The second-order valence-corrected chi connectivity index (χ2v) is 3.99. The van der Waals surface area contributed by atoms with Gasteiger partial charge in [-0.3, -0.25) is 9.69 Å². The molecule has 1 aliphatic rings. The number of anilines is 1. The lowest BCUT2D eigenvalue weighted by molar-refractivity contribution is -0.117. The van der Waals surface area contributed by atoms with Gasteiger partial charge in [0.15, 0.2) is 0 Å². The summed E-state index contributed by atoms with van der Waals surface area (Å²) in [4.78, 5) is 13.2. The molecule has 1 aliphatic carbocycles. The van der Waals surface area contributed by atoms with Crippen molar-refractivity contribution in [3.05, 3.63) is 17.9 Å². The molecule has 15 heavy (non-hydrogen) atoms. The van der Waals surface area contributed by atoms with Crippen molar-refractivity contribution in [1.82, 2.24) is 5.32 Å². The summed E-state index contributed by atoms with van der Waals surface area (Å²) in [5, 5.41) is 3.18. The molecular weight excluding hydrogens is 192 g/mol. The molecule has 0 atom stereocenters. The molecule has 0 aromatic carbocycles. The second kappa shape index (κ2) is 4.06. The SMILES string of the molecule is Cc1ccc(N(C)C(=O)CNC2CC2)o1. The number of carbonyl (C=O) groups excluding carboxylic acids is 1. The maximum Gasteiger partial charge on any atom is 0.243 e. The van der Waals surface area contributed by atoms with E-state index in [2.05, 4.69) is 5.32 Å². The smallest absolute Gasteiger partial charge is 0.243 e. The lowest BCUT2D eigenvalue weighted by Gasteiger charge is -2.14. The minimum atomic E-state index is 0.0382. The predicted octanol–water partition coefficient (Wildman–Crippen LogP) is 1.30. The van der Waals surface area contributed by atoms with Crippen LogP contribution in [0.4, 0.5) is 5.88 Å². The molecule has 1 aromatic heterocycles. The number of amides is 1. The van der Waals surface area contributed by atoms with E-state index in [1.165, 1.54) is 12.8 Å². The third kappa shape index (κ3) is 2.59. The number of rotatable bonds is 4. The minimum Gasteiger partial charge on any atom is -0.445 e. The molecule has 4 heteroatoms. The summed E-state index contributed by atoms with van der Waals surface area (Å²) < 4.78 is 5.37. The minimum absolute atomic E-state index is 0.0382. The van der Waals surface area contributed by atoms with Crippen molar-refractivity contribution >= 4 is 11.8 Å². The van der Waals surface area contributed by atoms with Gasteiger partial charge in [-0.15, -0.1) is 0 Å². The van der Waals surface area contributed by atoms with Crippen LogP contribution in [0, 0.1) is 6.92 Å². The van der Waals surface area contributed by atoms with E-state index in [0.29, 0.717) is 18.5 Å². The second-order valence-electron chi connectivity index (χ2n) is 3.99. The molecule has 0 radical (unpaired) electrons. The molecule has 82 valence electrons. The Morgan fingerprint density at radius 2 is 2.33 bits per heavy atom. The highest BCUT2D eigenvalue weighted by atomic mass is 16.4. The molecule has 4 nitrogen and oxygen atoms in total. The number of furan rings is 1. The summed E-state index contributed by atoms with van der Waals surface area (Å²) in [5.74, 6) is 1.46. The number of hydrogen-bond donors (Lipinski definition) is 1. The molecule has 1 heterocycles. The Morgan fingerprint density at radius 3 is 2.87 bits per heavy atom. The van der Waals surface area contributed by atoms with Gasteiger partial charge < -0.3 is 9.73 Å². The maximum absolute atomic E-state index is 11.7. The van der Waals surface area contributed by atoms with Crippen molar-refractivity contribution < 1.29 is 9.21 Å². The topological polar surface area (TPSA) is 45.5 Å². The Labute approximate surface area is 89.2 Å². The number of carbonyl (C=O) groups is 1. The van der Waals surface area contributed by atoms with Gasteiger partial charge in [-0.2, -0.15) is 0 Å². The zero-order chi connectivity index (χ0) is 10.8. The van der Waals surface area contributed by atoms with Gasteiger partial charge in [0.05, 0.1) is 6.54 Å². The Hall–Kier alpha value is -1.29. The molecule has 1 aromatic rings. The number of nitrogens with one attached hydrogen (secondary N) is 1. The Balaban J connectivity index is 1.88. The highest BCUT2D eigenvalue weighted by Gasteiger charge is 2.22. The van der Waals surface area contributed by atoms with Crippen LogP contribution in [0.3, 0.4) is 0 Å². The van der Waals surface area contributed by atoms with E-state index in [-0.39, 0.29) is 5.91 Å². The molecule has 0 bridgehead atoms. The summed E-state index contributed by atoms with van der Waals surface area (Å²) in [6.07, 6.45) is 2.38. The largest absolute Gasteiger partial charge is 0.445 e. The molecule has 0 spiro atoms. The molecule has 1 amide bonds. The van der Waals surface area contributed by atoms with Gasteiger partial charge in [0.2, 0.25) is 11.8 Å². The van der Waals surface area contributed by atoms with Crippen LogP contribution in [0.25, 0.3) is 0 Å². The first-order valence-electron chi connectivity index (χ1n) is 5.23. The lowest BCUT2D eigenvalue weighted by Crippen LogP contribution is -2.36. The lowest BCUT2D eigenvalue weighted by atomic mass is 10.4. The van der Waals surface area contributed by atoms with Crippen molar-refractivity contribution in [2.24, 2.45) is 0 Å². The molecule has 1 N–H and O–H groups in total. The summed E-state index contributed by atoms with van der Waals surface area (Å²) in [6, 6.07) is 4.22. The van der Waals surface area contributed by atoms with Crippen LogP contribution in [0.2, 0.25) is 0 Å². The average Bonchev–Trinajstić information content (AvgIpc) is 2.95. The Kier molecular flexibility index (Phi) is 2.77. The van der Waals surface area contributed by atoms with Crippen molar-refractivity contribution in [3.8, 4) is 0 Å². The monoisotopic (exact) mass is 208 g/mol. The van der Waals surface area contributed by atoms with Crippen molar-refractivity contribution in [3.63, 3.8) is 0 Å². The van der Waals surface area contributed by atoms with E-state index in [9.17, 15) is 4.79 Å². The Bertz CT molecular complexity index is 355. The van der Waals surface area contributed by atoms with Crippen LogP contribution in [-0.4, -0.2) is 25.5 Å². The van der Waals surface area contributed by atoms with Crippen molar-refractivity contribution in [2.45, 2.75) is 25.8 Å². The maximum atomic E-state index is 11.7. The van der Waals surface area contributed by atoms with Crippen LogP contribution in [-0.2, 0) is 4.79 Å². The van der Waals surface area contributed by atoms with Crippen LogP contribution >= 0.6 is 0 Å². The number of likely N-dealkylation sites (N-methyl/N-ethyl adjacent to an activating group) is 1. The number of nitrogens with zero attached hydrogens (tertiary/aromatic N) is 1. The third-order valence-electron chi connectivity index (χ3n) is 2.55. The van der Waals surface area contributed by atoms with Gasteiger partial charge in [0, 0.05) is 19.2 Å². The average molecular weight is 208 g/mol. The van der Waals surface area contributed by atoms with E-state index in [4.69, 9.17) is 4.42 Å². The van der Waals surface area contributed by atoms with E-state index in [1.807, 2.05) is 19.1 Å². The quantitative estimate of drug-likeness (QED) is 0.811. The highest BCUT2D eigenvalue weighted by molar-refractivity contribution is 5.93. The number of aryl methyl sites for hydroxylation is 1. The van der Waals surface area contributed by atoms with Gasteiger partial charge in [0.1, 0.15) is 5.76 Å². The fraction of sp³-hybridized carbons (Fsp3) is 0.545. The standard InChI is InChI=1S/C11H16N2O2/c1-8-3-6-11(15-8)13(2)10(14)7-12-9-4-5-9/h3,6,9,12H,4-5,7H2,1-2H3. The van der Waals surface area contributed by atoms with E-state index >= 15 is 0 Å². The summed E-state index contributed by atoms with van der Waals surface area (Å²) >= 11 is 0. The first-order chi connectivity index (χ1) is 7.16. The summed E-state index contributed by atoms with van der Waals surface area (Å²) in [6.45, 7) is 2.26. The molecule has 1 fully saturated rings. The zero-order valence-electron chi connectivity index (χ0n) is 9.12. The fourth-order valence-electron chi connectivity index (χ4n) is 1.36. The molecule has 1 saturated carbocycles. The first kappa shape index (κ1) is 10.2. The van der Waals surface area contributed by atoms with E-state index in [1.54, 1.807) is 11.9 Å². The zero-order valence-corrected chi connectivity index (χ0v) is 9.12. The van der Waals surface area contributed by atoms with Crippen molar-refractivity contribution in [2.75, 3.05) is 18.5 Å². The van der Waals surface area contributed by atoms with Crippen LogP contribution in [0.5, 0.6) is 0 Å². The summed E-state index contributed by atoms with van der Waals surface area (Å²) in [5.41, 5.74) is 0. The van der Waals surface area contributed by atoms with Gasteiger partial charge in [-0.05, 0) is 25.8 Å². The molecule has 0 unspecified atom stereocenters. The Morgan fingerprint density at radius 1 is 1.60 bits per heavy atom. The molecular formula is C11H16N2O2. The van der Waals surface area contributed by atoms with Gasteiger partial charge in [-0.25, -0.2) is 0 Å². The van der Waals surface area contributed by atoms with Crippen molar-refractivity contribution in [1.29, 1.82) is 0 Å². The first-order valence-corrected chi connectivity index (χ1v) is 5.23. The molecule has 2 rings (SSSR count). The van der Waals surface area contributed by atoms with Crippen LogP contribution < -0.4 is 10.2 Å². The number of hydrogen-bond acceptors (Lipinski definition) is 3.